The van der Waals surface area contributed by atoms with Crippen LogP contribution in [-0.2, 0) is 30.2 Å². The van der Waals surface area contributed by atoms with E-state index in [0.29, 0.717) is 16.8 Å². The maximum Gasteiger partial charge on any atom is 0.462 e. The molecule has 0 saturated heterocycles. The van der Waals surface area contributed by atoms with Crippen LogP contribution in [0, 0.1) is 0 Å². The van der Waals surface area contributed by atoms with Crippen LogP contribution >= 0.6 is 7.60 Å². The summed E-state index contributed by atoms with van der Waals surface area (Å²) in [4.78, 5) is 0. The Bertz CT molecular complexity index is 1030. The van der Waals surface area contributed by atoms with Crippen molar-refractivity contribution in [2.75, 3.05) is 0 Å². The Labute approximate surface area is 178 Å². The highest BCUT2D eigenvalue weighted by Gasteiger charge is 2.32. The van der Waals surface area contributed by atoms with Gasteiger partial charge in [0.2, 0.25) is 0 Å². The van der Waals surface area contributed by atoms with Gasteiger partial charge in [-0.15, -0.1) is 0 Å². The minimum absolute atomic E-state index is 0.570. The molecule has 3 nitrogen and oxygen atoms in total. The molecule has 0 fully saturated rings. The summed E-state index contributed by atoms with van der Waals surface area (Å²) >= 11 is 0. The van der Waals surface area contributed by atoms with Crippen LogP contribution in [0.3, 0.4) is 0 Å². The molecule has 0 radical (unpaired) electrons. The van der Waals surface area contributed by atoms with E-state index in [0.717, 1.165) is 25.7 Å². The molecule has 0 amide bonds. The van der Waals surface area contributed by atoms with Crippen molar-refractivity contribution in [2.45, 2.75) is 51.4 Å². The van der Waals surface area contributed by atoms with Crippen LogP contribution in [0.2, 0.25) is 0 Å². The molecule has 4 heteroatoms. The van der Waals surface area contributed by atoms with Gasteiger partial charge < -0.3 is 9.05 Å². The summed E-state index contributed by atoms with van der Waals surface area (Å²) in [5.74, 6) is 1.22. The Kier molecular flexibility index (Phi) is 5.39. The molecule has 154 valence electrons. The van der Waals surface area contributed by atoms with Crippen LogP contribution in [0.4, 0.5) is 0 Å². The predicted molar refractivity (Wildman–Crippen MR) is 121 cm³/mol. The van der Waals surface area contributed by atoms with Gasteiger partial charge in [-0.1, -0.05) is 30.3 Å². The maximum atomic E-state index is 14.0. The van der Waals surface area contributed by atoms with E-state index in [9.17, 15) is 4.57 Å². The fourth-order valence-corrected chi connectivity index (χ4v) is 6.11. The van der Waals surface area contributed by atoms with Crippen molar-refractivity contribution in [3.8, 4) is 11.5 Å². The minimum atomic E-state index is -3.59. The van der Waals surface area contributed by atoms with Crippen molar-refractivity contribution in [2.24, 2.45) is 0 Å². The summed E-state index contributed by atoms with van der Waals surface area (Å²) in [5, 5.41) is 0.570. The number of rotatable bonds is 5. The number of hydrogen-bond acceptors (Lipinski definition) is 3. The number of aryl methyl sites for hydroxylation is 4. The van der Waals surface area contributed by atoms with Crippen LogP contribution in [-0.4, -0.2) is 0 Å². The third-order valence-corrected chi connectivity index (χ3v) is 8.00. The van der Waals surface area contributed by atoms with Gasteiger partial charge in [-0.3, -0.25) is 0 Å². The molecule has 0 aliphatic heterocycles. The molecule has 0 unspecified atom stereocenters. The van der Waals surface area contributed by atoms with E-state index in [1.165, 1.54) is 47.9 Å². The van der Waals surface area contributed by atoms with Gasteiger partial charge in [0.25, 0.3) is 0 Å². The van der Waals surface area contributed by atoms with Crippen molar-refractivity contribution in [1.29, 1.82) is 0 Å². The van der Waals surface area contributed by atoms with E-state index < -0.39 is 7.60 Å². The van der Waals surface area contributed by atoms with E-state index >= 15 is 0 Å². The number of fused-ring (bicyclic) bond motifs is 2. The third-order valence-electron chi connectivity index (χ3n) is 6.16. The Hall–Kier alpha value is -2.51. The van der Waals surface area contributed by atoms with Gasteiger partial charge in [0.1, 0.15) is 11.5 Å². The predicted octanol–water partition coefficient (Wildman–Crippen LogP) is 6.42. The molecule has 30 heavy (non-hydrogen) atoms. The second-order valence-electron chi connectivity index (χ2n) is 8.29. The molecule has 3 aromatic rings. The molecule has 0 saturated carbocycles. The zero-order valence-corrected chi connectivity index (χ0v) is 18.1. The van der Waals surface area contributed by atoms with E-state index in [4.69, 9.17) is 9.05 Å². The highest BCUT2D eigenvalue weighted by atomic mass is 31.2. The average Bonchev–Trinajstić information content (AvgIpc) is 2.79. The van der Waals surface area contributed by atoms with E-state index in [1.807, 2.05) is 54.6 Å². The first kappa shape index (κ1) is 19.5. The fraction of sp³-hybridized carbons (Fsp3) is 0.308. The largest absolute Gasteiger partial charge is 0.462 e. The fourth-order valence-electron chi connectivity index (χ4n) is 4.55. The van der Waals surface area contributed by atoms with Gasteiger partial charge in [0.05, 0.1) is 5.30 Å². The second kappa shape index (κ2) is 8.32. The topological polar surface area (TPSA) is 35.5 Å². The van der Waals surface area contributed by atoms with E-state index in [2.05, 4.69) is 12.1 Å². The Morgan fingerprint density at radius 1 is 0.567 bits per heavy atom. The third kappa shape index (κ3) is 4.04. The summed E-state index contributed by atoms with van der Waals surface area (Å²) in [6, 6.07) is 21.4. The van der Waals surface area contributed by atoms with Crippen LogP contribution in [0.15, 0.2) is 66.7 Å². The minimum Gasteiger partial charge on any atom is -0.413 e. The summed E-state index contributed by atoms with van der Waals surface area (Å²) in [6.07, 6.45) is 9.17. The number of benzene rings is 3. The van der Waals surface area contributed by atoms with Crippen molar-refractivity contribution in [1.82, 2.24) is 0 Å². The molecular weight excluding hydrogens is 391 g/mol. The molecule has 3 aromatic carbocycles. The molecule has 2 aliphatic carbocycles. The molecule has 0 atom stereocenters. The van der Waals surface area contributed by atoms with Gasteiger partial charge in [-0.25, -0.2) is 4.57 Å². The lowest BCUT2D eigenvalue weighted by atomic mass is 9.92. The van der Waals surface area contributed by atoms with Crippen LogP contribution < -0.4 is 14.4 Å². The van der Waals surface area contributed by atoms with Gasteiger partial charge in [0.15, 0.2) is 0 Å². The van der Waals surface area contributed by atoms with Gasteiger partial charge in [-0.05, 0) is 110 Å². The van der Waals surface area contributed by atoms with Crippen LogP contribution in [0.25, 0.3) is 0 Å². The molecule has 5 rings (SSSR count). The summed E-state index contributed by atoms with van der Waals surface area (Å²) in [7, 11) is -3.59. The quantitative estimate of drug-likeness (QED) is 0.449. The van der Waals surface area contributed by atoms with Crippen molar-refractivity contribution >= 4 is 12.9 Å². The van der Waals surface area contributed by atoms with Crippen molar-refractivity contribution < 1.29 is 13.6 Å². The van der Waals surface area contributed by atoms with Gasteiger partial charge >= 0.3 is 7.60 Å². The van der Waals surface area contributed by atoms with Crippen LogP contribution in [0.1, 0.15) is 47.9 Å². The highest BCUT2D eigenvalue weighted by molar-refractivity contribution is 7.63. The Morgan fingerprint density at radius 3 is 1.53 bits per heavy atom. The van der Waals surface area contributed by atoms with Gasteiger partial charge in [-0.2, -0.15) is 0 Å². The summed E-state index contributed by atoms with van der Waals surface area (Å²) in [5.41, 5.74) is 5.34. The average molecular weight is 418 g/mol. The summed E-state index contributed by atoms with van der Waals surface area (Å²) in [6.45, 7) is 0. The first-order valence-corrected chi connectivity index (χ1v) is 12.5. The molecule has 2 aliphatic rings. The maximum absolute atomic E-state index is 14.0. The standard InChI is InChI=1S/C26H27O3P/c27-30(26-12-2-1-3-13-26,28-24-16-14-20-8-4-6-10-22(20)18-24)29-25-17-15-21-9-5-7-11-23(21)19-25/h1-3,12-19H,4-11H2. The first-order chi connectivity index (χ1) is 14.7. The monoisotopic (exact) mass is 418 g/mol. The first-order valence-electron chi connectivity index (χ1n) is 11.0. The molecule has 0 bridgehead atoms. The molecule has 0 N–H and O–H groups in total. The molecule has 0 spiro atoms. The Balaban J connectivity index is 1.48. The highest BCUT2D eigenvalue weighted by Crippen LogP contribution is 2.48. The molecular formula is C26H27O3P. The zero-order chi connectivity index (χ0) is 20.4. The van der Waals surface area contributed by atoms with E-state index in [-0.39, 0.29) is 0 Å². The normalized spacial score (nSPS) is 15.7. The zero-order valence-electron chi connectivity index (χ0n) is 17.2. The van der Waals surface area contributed by atoms with E-state index in [1.54, 1.807) is 0 Å². The molecule has 0 aromatic heterocycles. The smallest absolute Gasteiger partial charge is 0.413 e. The Morgan fingerprint density at radius 2 is 1.03 bits per heavy atom. The van der Waals surface area contributed by atoms with Crippen molar-refractivity contribution in [3.05, 3.63) is 89.0 Å². The lowest BCUT2D eigenvalue weighted by molar-refractivity contribution is 0.398. The number of hydrogen-bond donors (Lipinski definition) is 0. The van der Waals surface area contributed by atoms with Crippen molar-refractivity contribution in [3.63, 3.8) is 0 Å². The lowest BCUT2D eigenvalue weighted by Crippen LogP contribution is -2.15. The second-order valence-corrected chi connectivity index (χ2v) is 10.2. The SMILES string of the molecule is O=P(Oc1ccc2c(c1)CCCC2)(Oc1ccc2c(c1)CCCC2)c1ccccc1. The summed E-state index contributed by atoms with van der Waals surface area (Å²) < 4.78 is 26.3. The van der Waals surface area contributed by atoms with Crippen LogP contribution in [0.5, 0.6) is 11.5 Å². The lowest BCUT2D eigenvalue weighted by Gasteiger charge is -2.23. The molecule has 0 heterocycles. The van der Waals surface area contributed by atoms with Gasteiger partial charge in [0, 0.05) is 0 Å².